The van der Waals surface area contributed by atoms with E-state index in [9.17, 15) is 23.3 Å². The van der Waals surface area contributed by atoms with Gasteiger partial charge in [-0.1, -0.05) is 18.2 Å². The Morgan fingerprint density at radius 3 is 2.70 bits per heavy atom. The molecule has 2 aliphatic heterocycles. The molecule has 0 fully saturated rings. The van der Waals surface area contributed by atoms with Gasteiger partial charge in [0.05, 0.1) is 23.2 Å². The number of para-hydroxylation sites is 1. The minimum atomic E-state index is -4.56. The van der Waals surface area contributed by atoms with E-state index in [1.54, 1.807) is 0 Å². The summed E-state index contributed by atoms with van der Waals surface area (Å²) in [7, 11) is -3.28. The van der Waals surface area contributed by atoms with Crippen LogP contribution in [0.15, 0.2) is 63.0 Å². The Kier molecular flexibility index (Phi) is 5.69. The van der Waals surface area contributed by atoms with Crippen molar-refractivity contribution in [1.82, 2.24) is 5.01 Å². The first-order valence-corrected chi connectivity index (χ1v) is 11.3. The summed E-state index contributed by atoms with van der Waals surface area (Å²) in [6.45, 7) is 0. The predicted octanol–water partition coefficient (Wildman–Crippen LogP) is 2.62. The third kappa shape index (κ3) is 4.20. The van der Waals surface area contributed by atoms with Gasteiger partial charge in [-0.3, -0.25) is 20.3 Å². The molecular formula is C19H13N5O7S2. The lowest BCUT2D eigenvalue weighted by atomic mass is 10.1. The normalized spacial score (nSPS) is 16.6. The van der Waals surface area contributed by atoms with E-state index >= 15 is 0 Å². The molecule has 2 aromatic rings. The lowest BCUT2D eigenvalue weighted by molar-refractivity contribution is -0.387. The molecule has 0 spiro atoms. The molecule has 12 nitrogen and oxygen atoms in total. The van der Waals surface area contributed by atoms with E-state index in [0.29, 0.717) is 5.56 Å². The van der Waals surface area contributed by atoms with E-state index in [1.165, 1.54) is 54.1 Å². The number of thioether (sulfide) groups is 1. The molecule has 0 unspecified atom stereocenters. The second-order valence-corrected chi connectivity index (χ2v) is 8.76. The number of hydrogen-bond acceptors (Lipinski definition) is 10. The van der Waals surface area contributed by atoms with Crippen LogP contribution in [0, 0.1) is 15.5 Å². The molecule has 0 saturated carbocycles. The quantitative estimate of drug-likeness (QED) is 0.279. The number of hydrogen-bond donors (Lipinski definition) is 1. The molecule has 2 aromatic carbocycles. The van der Waals surface area contributed by atoms with Crippen molar-refractivity contribution in [3.8, 4) is 11.5 Å². The number of fused-ring (bicyclic) bond motifs is 1. The maximum atomic E-state index is 12.7. The fourth-order valence-electron chi connectivity index (χ4n) is 2.93. The minimum absolute atomic E-state index is 0.0137. The van der Waals surface area contributed by atoms with Crippen LogP contribution in [0.3, 0.4) is 0 Å². The number of amides is 1. The van der Waals surface area contributed by atoms with Crippen molar-refractivity contribution < 1.29 is 27.1 Å². The Bertz CT molecular complexity index is 1400. The van der Waals surface area contributed by atoms with Gasteiger partial charge in [0.25, 0.3) is 11.6 Å². The molecule has 168 valence electrons. The molecule has 0 atom stereocenters. The number of rotatable bonds is 6. The zero-order chi connectivity index (χ0) is 23.8. The summed E-state index contributed by atoms with van der Waals surface area (Å²) in [6, 6.07) is 8.88. The number of ether oxygens (including phenoxy) is 1. The van der Waals surface area contributed by atoms with Gasteiger partial charge in [0.15, 0.2) is 27.4 Å². The molecule has 0 bridgehead atoms. The van der Waals surface area contributed by atoms with Crippen molar-refractivity contribution in [2.24, 2.45) is 10.1 Å². The number of carbonyl (C=O) groups is 1. The van der Waals surface area contributed by atoms with Crippen LogP contribution < -0.4 is 8.92 Å². The molecule has 14 heteroatoms. The fourth-order valence-corrected chi connectivity index (χ4v) is 4.65. The minimum Gasteiger partial charge on any atom is -0.493 e. The Morgan fingerprint density at radius 2 is 1.97 bits per heavy atom. The second kappa shape index (κ2) is 8.48. The van der Waals surface area contributed by atoms with E-state index in [4.69, 9.17) is 14.3 Å². The van der Waals surface area contributed by atoms with E-state index in [-0.39, 0.29) is 28.1 Å². The van der Waals surface area contributed by atoms with Crippen LogP contribution in [0.4, 0.5) is 5.69 Å². The summed E-state index contributed by atoms with van der Waals surface area (Å²) >= 11 is 1.12. The van der Waals surface area contributed by atoms with Gasteiger partial charge in [-0.15, -0.1) is 0 Å². The Hall–Kier alpha value is -4.04. The summed E-state index contributed by atoms with van der Waals surface area (Å²) in [5, 5.41) is 24.8. The monoisotopic (exact) mass is 487 g/mol. The van der Waals surface area contributed by atoms with Crippen LogP contribution >= 0.6 is 11.8 Å². The van der Waals surface area contributed by atoms with Gasteiger partial charge in [-0.05, 0) is 41.6 Å². The number of methoxy groups -OCH3 is 1. The molecule has 0 saturated heterocycles. The first-order valence-electron chi connectivity index (χ1n) is 9.00. The second-order valence-electron chi connectivity index (χ2n) is 6.43. The number of hydrazone groups is 1. The molecule has 4 rings (SSSR count). The Balaban J connectivity index is 1.67. The van der Waals surface area contributed by atoms with Crippen LogP contribution in [0.5, 0.6) is 11.5 Å². The highest BCUT2D eigenvalue weighted by Gasteiger charge is 2.33. The molecular weight excluding hydrogens is 474 g/mol. The van der Waals surface area contributed by atoms with Gasteiger partial charge in [0.2, 0.25) is 0 Å². The first kappa shape index (κ1) is 22.2. The zero-order valence-electron chi connectivity index (χ0n) is 16.7. The van der Waals surface area contributed by atoms with Gasteiger partial charge in [-0.2, -0.15) is 23.5 Å². The molecule has 0 radical (unpaired) electrons. The summed E-state index contributed by atoms with van der Waals surface area (Å²) in [5.41, 5.74) is 1.19. The molecule has 2 heterocycles. The van der Waals surface area contributed by atoms with Gasteiger partial charge in [0, 0.05) is 6.07 Å². The number of nitrogens with zero attached hydrogens (tertiary/aromatic N) is 4. The molecule has 1 N–H and O–H groups in total. The molecule has 2 aliphatic rings. The van der Waals surface area contributed by atoms with Crippen molar-refractivity contribution in [1.29, 1.82) is 5.41 Å². The maximum Gasteiger partial charge on any atom is 0.346 e. The van der Waals surface area contributed by atoms with Crippen molar-refractivity contribution in [2.45, 2.75) is 4.90 Å². The largest absolute Gasteiger partial charge is 0.493 e. The summed E-state index contributed by atoms with van der Waals surface area (Å²) in [4.78, 5) is 26.0. The van der Waals surface area contributed by atoms with Crippen LogP contribution in [0.2, 0.25) is 0 Å². The average Bonchev–Trinajstić information content (AvgIpc) is 3.25. The van der Waals surface area contributed by atoms with Crippen molar-refractivity contribution in [2.75, 3.05) is 7.11 Å². The number of carbonyl (C=O) groups excluding carboxylic acids is 1. The smallest absolute Gasteiger partial charge is 0.346 e. The Labute approximate surface area is 191 Å². The molecule has 0 aromatic heterocycles. The number of nitro groups is 1. The highest BCUT2D eigenvalue weighted by atomic mass is 32.2. The van der Waals surface area contributed by atoms with Gasteiger partial charge < -0.3 is 8.92 Å². The van der Waals surface area contributed by atoms with Crippen molar-refractivity contribution in [3.63, 3.8) is 0 Å². The molecule has 0 aliphatic carbocycles. The van der Waals surface area contributed by atoms with Crippen molar-refractivity contribution in [3.05, 3.63) is 63.7 Å². The van der Waals surface area contributed by atoms with E-state index in [1.807, 2.05) is 0 Å². The van der Waals surface area contributed by atoms with Crippen LogP contribution in [-0.4, -0.2) is 47.9 Å². The number of benzene rings is 2. The van der Waals surface area contributed by atoms with E-state index < -0.39 is 31.5 Å². The summed E-state index contributed by atoms with van der Waals surface area (Å²) < 4.78 is 35.7. The van der Waals surface area contributed by atoms with Gasteiger partial charge >= 0.3 is 10.1 Å². The number of aliphatic imine (C=N–C) groups is 1. The van der Waals surface area contributed by atoms with E-state index in [2.05, 4.69) is 10.1 Å². The average molecular weight is 487 g/mol. The van der Waals surface area contributed by atoms with Crippen LogP contribution in [0.1, 0.15) is 5.56 Å². The topological polar surface area (TPSA) is 165 Å². The van der Waals surface area contributed by atoms with E-state index in [0.717, 1.165) is 23.9 Å². The van der Waals surface area contributed by atoms with Crippen molar-refractivity contribution >= 4 is 56.1 Å². The highest BCUT2D eigenvalue weighted by Crippen LogP contribution is 2.34. The summed E-state index contributed by atoms with van der Waals surface area (Å²) in [6.07, 6.45) is 1.38. The van der Waals surface area contributed by atoms with Gasteiger partial charge in [-0.25, -0.2) is 0 Å². The number of nitrogens with one attached hydrogen (secondary N) is 1. The number of amidine groups is 2. The Morgan fingerprint density at radius 1 is 1.21 bits per heavy atom. The zero-order valence-corrected chi connectivity index (χ0v) is 18.3. The molecule has 1 amide bonds. The fraction of sp³-hybridized carbons (Fsp3) is 0.0526. The predicted molar refractivity (Wildman–Crippen MR) is 120 cm³/mol. The molecule has 33 heavy (non-hydrogen) atoms. The third-order valence-corrected chi connectivity index (χ3v) is 6.38. The number of nitro benzene ring substituents is 1. The SMILES string of the molecule is COc1cc(C=C2C(=N)N3N=CSC3=NC2=O)ccc1OS(=O)(=O)c1ccccc1[N+](=O)[O-]. The van der Waals surface area contributed by atoms with Crippen LogP contribution in [-0.2, 0) is 14.9 Å². The van der Waals surface area contributed by atoms with Gasteiger partial charge in [0.1, 0.15) is 0 Å². The lowest BCUT2D eigenvalue weighted by Crippen LogP contribution is -2.35. The van der Waals surface area contributed by atoms with Crippen LogP contribution in [0.25, 0.3) is 6.08 Å². The maximum absolute atomic E-state index is 12.7. The highest BCUT2D eigenvalue weighted by molar-refractivity contribution is 8.25. The lowest BCUT2D eigenvalue weighted by Gasteiger charge is -2.20. The first-order chi connectivity index (χ1) is 15.7. The third-order valence-electron chi connectivity index (χ3n) is 4.43. The summed E-state index contributed by atoms with van der Waals surface area (Å²) in [5.74, 6) is -1.02. The standard InChI is InChI=1S/C19H13N5O7S2/c1-30-15-9-11(8-12-17(20)23-19(22-18(12)25)32-10-21-23)6-7-14(15)31-33(28,29)16-5-3-2-4-13(16)24(26)27/h2-10,20H,1H3.